The minimum atomic E-state index is -0.685. The fourth-order valence-corrected chi connectivity index (χ4v) is 1.96. The third kappa shape index (κ3) is 3.82. The van der Waals surface area contributed by atoms with Crippen LogP contribution < -0.4 is 0 Å². The highest BCUT2D eigenvalue weighted by atomic mass is 35.5. The monoisotopic (exact) mass is 277 g/mol. The summed E-state index contributed by atoms with van der Waals surface area (Å²) in [6.07, 6.45) is 1.10. The Bertz CT molecular complexity index is 443. The number of nitro groups is 1. The maximum Gasteiger partial charge on any atom is 0.338 e. The van der Waals surface area contributed by atoms with Gasteiger partial charge in [0.2, 0.25) is 5.15 Å². The zero-order valence-corrected chi connectivity index (χ0v) is 10.3. The predicted octanol–water partition coefficient (Wildman–Crippen LogP) is 1.69. The molecular formula is C8H8ClN3O4S. The lowest BCUT2D eigenvalue weighted by Crippen LogP contribution is -2.07. The highest BCUT2D eigenvalue weighted by Gasteiger charge is 2.22. The molecule has 92 valence electrons. The van der Waals surface area contributed by atoms with E-state index in [1.54, 1.807) is 6.92 Å². The van der Waals surface area contributed by atoms with E-state index >= 15 is 0 Å². The van der Waals surface area contributed by atoms with E-state index in [2.05, 4.69) is 14.7 Å². The molecule has 1 aromatic heterocycles. The molecule has 1 heterocycles. The van der Waals surface area contributed by atoms with E-state index in [1.165, 1.54) is 0 Å². The molecule has 0 saturated carbocycles. The molecule has 1 aromatic rings. The molecule has 0 spiro atoms. The molecule has 0 aliphatic rings. The van der Waals surface area contributed by atoms with Crippen LogP contribution >= 0.6 is 23.4 Å². The minimum absolute atomic E-state index is 0.0445. The number of thioether (sulfide) groups is 1. The Kier molecular flexibility index (Phi) is 5.11. The van der Waals surface area contributed by atoms with E-state index < -0.39 is 16.6 Å². The van der Waals surface area contributed by atoms with Gasteiger partial charge < -0.3 is 4.74 Å². The summed E-state index contributed by atoms with van der Waals surface area (Å²) >= 11 is 6.46. The standard InChI is InChI=1S/C8H8ClN3O4S/c1-2-16-5(13)3-17-8-6(12(14)15)7(9)10-4-11-8/h4H,2-3H2,1H3. The molecule has 9 heteroatoms. The Balaban J connectivity index is 2.81. The Morgan fingerprint density at radius 3 is 2.94 bits per heavy atom. The Labute approximate surface area is 106 Å². The van der Waals surface area contributed by atoms with E-state index in [0.29, 0.717) is 0 Å². The average molecular weight is 278 g/mol. The van der Waals surface area contributed by atoms with Crippen LogP contribution in [0.2, 0.25) is 5.15 Å². The van der Waals surface area contributed by atoms with Crippen molar-refractivity contribution in [1.29, 1.82) is 0 Å². The van der Waals surface area contributed by atoms with Gasteiger partial charge in [-0.2, -0.15) is 0 Å². The molecular weight excluding hydrogens is 270 g/mol. The van der Waals surface area contributed by atoms with Gasteiger partial charge >= 0.3 is 11.7 Å². The number of carbonyl (C=O) groups is 1. The lowest BCUT2D eigenvalue weighted by atomic mass is 10.5. The van der Waals surface area contributed by atoms with Crippen LogP contribution in [0, 0.1) is 10.1 Å². The van der Waals surface area contributed by atoms with Crippen LogP contribution in [-0.2, 0) is 9.53 Å². The van der Waals surface area contributed by atoms with Gasteiger partial charge in [-0.15, -0.1) is 0 Å². The molecule has 0 radical (unpaired) electrons. The summed E-state index contributed by atoms with van der Waals surface area (Å²) in [6.45, 7) is 1.93. The normalized spacial score (nSPS) is 10.0. The van der Waals surface area contributed by atoms with Crippen molar-refractivity contribution >= 4 is 35.0 Å². The molecule has 0 N–H and O–H groups in total. The average Bonchev–Trinajstić information content (AvgIpc) is 2.26. The van der Waals surface area contributed by atoms with Gasteiger partial charge in [-0.05, 0) is 6.92 Å². The van der Waals surface area contributed by atoms with Crippen LogP contribution in [0.25, 0.3) is 0 Å². The van der Waals surface area contributed by atoms with E-state index in [4.69, 9.17) is 11.6 Å². The molecule has 0 saturated heterocycles. The van der Waals surface area contributed by atoms with Gasteiger partial charge in [-0.3, -0.25) is 14.9 Å². The fraction of sp³-hybridized carbons (Fsp3) is 0.375. The van der Waals surface area contributed by atoms with Crippen LogP contribution in [-0.4, -0.2) is 33.2 Å². The van der Waals surface area contributed by atoms with Crippen molar-refractivity contribution < 1.29 is 14.5 Å². The highest BCUT2D eigenvalue weighted by molar-refractivity contribution is 8.00. The molecule has 0 aliphatic carbocycles. The third-order valence-electron chi connectivity index (χ3n) is 1.56. The second-order valence-corrected chi connectivity index (χ2v) is 3.99. The second kappa shape index (κ2) is 6.36. The minimum Gasteiger partial charge on any atom is -0.465 e. The van der Waals surface area contributed by atoms with Crippen molar-refractivity contribution in [2.45, 2.75) is 11.9 Å². The lowest BCUT2D eigenvalue weighted by Gasteiger charge is -2.02. The van der Waals surface area contributed by atoms with Crippen molar-refractivity contribution in [2.24, 2.45) is 0 Å². The molecule has 17 heavy (non-hydrogen) atoms. The number of rotatable bonds is 5. The summed E-state index contributed by atoms with van der Waals surface area (Å²) in [5, 5.41) is 10.5. The number of aromatic nitrogens is 2. The summed E-state index contributed by atoms with van der Waals surface area (Å²) in [5.41, 5.74) is -0.400. The first-order valence-electron chi connectivity index (χ1n) is 4.49. The van der Waals surface area contributed by atoms with Crippen LogP contribution in [0.4, 0.5) is 5.69 Å². The smallest absolute Gasteiger partial charge is 0.338 e. The molecule has 0 atom stereocenters. The molecule has 1 rings (SSSR count). The van der Waals surface area contributed by atoms with Crippen molar-refractivity contribution in [3.8, 4) is 0 Å². The van der Waals surface area contributed by atoms with Crippen molar-refractivity contribution in [3.05, 3.63) is 21.6 Å². The SMILES string of the molecule is CCOC(=O)CSc1ncnc(Cl)c1[N+](=O)[O-]. The van der Waals surface area contributed by atoms with Gasteiger partial charge in [0.1, 0.15) is 6.33 Å². The van der Waals surface area contributed by atoms with Crippen molar-refractivity contribution in [1.82, 2.24) is 9.97 Å². The fourth-order valence-electron chi connectivity index (χ4n) is 0.932. The van der Waals surface area contributed by atoms with Crippen LogP contribution in [0.3, 0.4) is 0 Å². The number of hydrogen-bond donors (Lipinski definition) is 0. The van der Waals surface area contributed by atoms with E-state index in [9.17, 15) is 14.9 Å². The lowest BCUT2D eigenvalue weighted by molar-refractivity contribution is -0.388. The zero-order valence-electron chi connectivity index (χ0n) is 8.75. The maximum absolute atomic E-state index is 11.1. The first-order chi connectivity index (χ1) is 8.06. The Morgan fingerprint density at radius 1 is 1.65 bits per heavy atom. The van der Waals surface area contributed by atoms with Gasteiger partial charge in [-0.25, -0.2) is 9.97 Å². The summed E-state index contributed by atoms with van der Waals surface area (Å²) in [7, 11) is 0. The number of halogens is 1. The highest BCUT2D eigenvalue weighted by Crippen LogP contribution is 2.31. The maximum atomic E-state index is 11.1. The van der Waals surface area contributed by atoms with E-state index in [-0.39, 0.29) is 22.5 Å². The van der Waals surface area contributed by atoms with Crippen molar-refractivity contribution in [2.75, 3.05) is 12.4 Å². The Morgan fingerprint density at radius 2 is 2.35 bits per heavy atom. The Hall–Kier alpha value is -1.41. The third-order valence-corrected chi connectivity index (χ3v) is 2.79. The number of hydrogen-bond acceptors (Lipinski definition) is 7. The number of ether oxygens (including phenoxy) is 1. The molecule has 0 aliphatic heterocycles. The van der Waals surface area contributed by atoms with Gasteiger partial charge in [0, 0.05) is 0 Å². The van der Waals surface area contributed by atoms with Gasteiger partial charge in [0.05, 0.1) is 17.3 Å². The summed E-state index contributed by atoms with van der Waals surface area (Å²) < 4.78 is 4.69. The summed E-state index contributed by atoms with van der Waals surface area (Å²) in [4.78, 5) is 28.4. The van der Waals surface area contributed by atoms with E-state index in [1.807, 2.05) is 0 Å². The number of nitrogens with zero attached hydrogens (tertiary/aromatic N) is 3. The predicted molar refractivity (Wildman–Crippen MR) is 61.1 cm³/mol. The van der Waals surface area contributed by atoms with Gasteiger partial charge in [-0.1, -0.05) is 23.4 Å². The molecule has 0 fully saturated rings. The second-order valence-electron chi connectivity index (χ2n) is 2.67. The largest absolute Gasteiger partial charge is 0.465 e. The number of esters is 1. The number of carbonyl (C=O) groups excluding carboxylic acids is 1. The summed E-state index contributed by atoms with van der Waals surface area (Å²) in [5.74, 6) is -0.538. The van der Waals surface area contributed by atoms with E-state index in [0.717, 1.165) is 18.1 Å². The van der Waals surface area contributed by atoms with Crippen molar-refractivity contribution in [3.63, 3.8) is 0 Å². The first kappa shape index (κ1) is 13.7. The van der Waals surface area contributed by atoms with Crippen LogP contribution in [0.1, 0.15) is 6.92 Å². The van der Waals surface area contributed by atoms with Crippen LogP contribution in [0.5, 0.6) is 0 Å². The van der Waals surface area contributed by atoms with Gasteiger partial charge in [0.25, 0.3) is 0 Å². The molecule has 7 nitrogen and oxygen atoms in total. The topological polar surface area (TPSA) is 95.2 Å². The quantitative estimate of drug-likeness (QED) is 0.266. The van der Waals surface area contributed by atoms with Gasteiger partial charge in [0.15, 0.2) is 5.03 Å². The molecule has 0 aromatic carbocycles. The van der Waals surface area contributed by atoms with Crippen LogP contribution in [0.15, 0.2) is 11.4 Å². The molecule has 0 bridgehead atoms. The first-order valence-corrected chi connectivity index (χ1v) is 5.86. The summed E-state index contributed by atoms with van der Waals surface area (Å²) in [6, 6.07) is 0. The molecule has 0 amide bonds. The zero-order chi connectivity index (χ0) is 12.8. The molecule has 0 unspecified atom stereocenters.